The van der Waals surface area contributed by atoms with E-state index in [4.69, 9.17) is 4.74 Å². The van der Waals surface area contributed by atoms with Crippen molar-refractivity contribution in [3.63, 3.8) is 0 Å². The van der Waals surface area contributed by atoms with E-state index in [1.807, 2.05) is 0 Å². The first-order chi connectivity index (χ1) is 8.29. The number of halogens is 2. The van der Waals surface area contributed by atoms with Crippen molar-refractivity contribution in [2.45, 2.75) is 64.5 Å². The molecule has 0 amide bonds. The van der Waals surface area contributed by atoms with Crippen molar-refractivity contribution in [1.29, 1.82) is 0 Å². The first-order valence-corrected chi connectivity index (χ1v) is 7.05. The van der Waals surface area contributed by atoms with Crippen LogP contribution in [0.15, 0.2) is 0 Å². The molecule has 1 N–H and O–H groups in total. The standard InChI is InChI=1S/C14H25F2NO/c1-4-12(2,3)11-5-7-14(8-6-11)17-9-13(15,16)10-18-14/h11,17H,4-10H2,1-3H3. The summed E-state index contributed by atoms with van der Waals surface area (Å²) < 4.78 is 31.6. The summed E-state index contributed by atoms with van der Waals surface area (Å²) in [5.74, 6) is -2.02. The summed E-state index contributed by atoms with van der Waals surface area (Å²) in [6.07, 6.45) is 5.02. The Labute approximate surface area is 108 Å². The summed E-state index contributed by atoms with van der Waals surface area (Å²) in [5, 5.41) is 2.94. The molecule has 4 heteroatoms. The Hall–Kier alpha value is -0.220. The van der Waals surface area contributed by atoms with E-state index in [0.717, 1.165) is 32.1 Å². The molecule has 0 unspecified atom stereocenters. The molecule has 1 spiro atoms. The minimum Gasteiger partial charge on any atom is -0.354 e. The van der Waals surface area contributed by atoms with E-state index >= 15 is 0 Å². The maximum atomic E-state index is 13.1. The Balaban J connectivity index is 1.91. The van der Waals surface area contributed by atoms with Crippen LogP contribution in [0, 0.1) is 11.3 Å². The highest BCUT2D eigenvalue weighted by atomic mass is 19.3. The van der Waals surface area contributed by atoms with Gasteiger partial charge in [-0.3, -0.25) is 5.32 Å². The highest BCUT2D eigenvalue weighted by molar-refractivity contribution is 4.93. The molecule has 1 aliphatic heterocycles. The number of hydrogen-bond acceptors (Lipinski definition) is 2. The topological polar surface area (TPSA) is 21.3 Å². The summed E-state index contributed by atoms with van der Waals surface area (Å²) in [7, 11) is 0. The zero-order valence-corrected chi connectivity index (χ0v) is 11.7. The van der Waals surface area contributed by atoms with Gasteiger partial charge in [-0.2, -0.15) is 0 Å². The van der Waals surface area contributed by atoms with Crippen LogP contribution in [0.5, 0.6) is 0 Å². The quantitative estimate of drug-likeness (QED) is 0.820. The minimum absolute atomic E-state index is 0.241. The molecule has 0 bridgehead atoms. The van der Waals surface area contributed by atoms with Gasteiger partial charge < -0.3 is 4.74 Å². The summed E-state index contributed by atoms with van der Waals surface area (Å²) in [6, 6.07) is 0. The van der Waals surface area contributed by atoms with Crippen LogP contribution in [0.2, 0.25) is 0 Å². The second kappa shape index (κ2) is 4.71. The van der Waals surface area contributed by atoms with Gasteiger partial charge in [0.05, 0.1) is 6.54 Å². The molecule has 0 radical (unpaired) electrons. The van der Waals surface area contributed by atoms with Crippen molar-refractivity contribution >= 4 is 0 Å². The second-order valence-corrected chi connectivity index (χ2v) is 6.61. The molecule has 2 nitrogen and oxygen atoms in total. The van der Waals surface area contributed by atoms with Crippen molar-refractivity contribution < 1.29 is 13.5 Å². The van der Waals surface area contributed by atoms with E-state index in [-0.39, 0.29) is 6.54 Å². The molecule has 1 aliphatic carbocycles. The lowest BCUT2D eigenvalue weighted by atomic mass is 9.68. The Morgan fingerprint density at radius 3 is 2.33 bits per heavy atom. The van der Waals surface area contributed by atoms with Crippen molar-refractivity contribution in [2.24, 2.45) is 11.3 Å². The van der Waals surface area contributed by atoms with Crippen molar-refractivity contribution in [2.75, 3.05) is 13.2 Å². The zero-order chi connectivity index (χ0) is 13.4. The molecular weight excluding hydrogens is 236 g/mol. The van der Waals surface area contributed by atoms with Gasteiger partial charge >= 0.3 is 0 Å². The fourth-order valence-electron chi connectivity index (χ4n) is 3.11. The average molecular weight is 261 g/mol. The van der Waals surface area contributed by atoms with E-state index < -0.39 is 18.3 Å². The molecule has 1 heterocycles. The third kappa shape index (κ3) is 2.85. The molecule has 0 atom stereocenters. The van der Waals surface area contributed by atoms with Crippen molar-refractivity contribution in [1.82, 2.24) is 5.32 Å². The van der Waals surface area contributed by atoms with Crippen LogP contribution in [0.1, 0.15) is 52.9 Å². The van der Waals surface area contributed by atoms with Crippen LogP contribution in [-0.4, -0.2) is 24.8 Å². The van der Waals surface area contributed by atoms with Crippen LogP contribution in [0.4, 0.5) is 8.78 Å². The molecule has 1 saturated heterocycles. The molecule has 0 aromatic carbocycles. The van der Waals surface area contributed by atoms with Gasteiger partial charge in [0.25, 0.3) is 5.92 Å². The van der Waals surface area contributed by atoms with Gasteiger partial charge in [0, 0.05) is 0 Å². The van der Waals surface area contributed by atoms with Gasteiger partial charge in [0.1, 0.15) is 12.3 Å². The molecule has 0 aromatic rings. The Morgan fingerprint density at radius 2 is 1.89 bits per heavy atom. The largest absolute Gasteiger partial charge is 0.354 e. The maximum absolute atomic E-state index is 13.1. The molecule has 0 aromatic heterocycles. The smallest absolute Gasteiger partial charge is 0.283 e. The first kappa shape index (κ1) is 14.2. The maximum Gasteiger partial charge on any atom is 0.283 e. The highest BCUT2D eigenvalue weighted by Crippen LogP contribution is 2.44. The Kier molecular flexibility index (Phi) is 3.72. The monoisotopic (exact) mass is 261 g/mol. The zero-order valence-electron chi connectivity index (χ0n) is 11.7. The summed E-state index contributed by atoms with van der Waals surface area (Å²) in [6.45, 7) is 6.16. The van der Waals surface area contributed by atoms with Crippen LogP contribution >= 0.6 is 0 Å². The average Bonchev–Trinajstić information content (AvgIpc) is 2.34. The summed E-state index contributed by atoms with van der Waals surface area (Å²) in [4.78, 5) is 0. The van der Waals surface area contributed by atoms with Gasteiger partial charge in [-0.05, 0) is 37.0 Å². The van der Waals surface area contributed by atoms with Gasteiger partial charge in [-0.25, -0.2) is 8.78 Å². The van der Waals surface area contributed by atoms with Crippen LogP contribution in [-0.2, 0) is 4.74 Å². The molecule has 1 saturated carbocycles. The Morgan fingerprint density at radius 1 is 1.28 bits per heavy atom. The number of hydrogen-bond donors (Lipinski definition) is 1. The van der Waals surface area contributed by atoms with E-state index in [1.165, 1.54) is 0 Å². The number of ether oxygens (including phenoxy) is 1. The van der Waals surface area contributed by atoms with Crippen molar-refractivity contribution in [3.8, 4) is 0 Å². The fraction of sp³-hybridized carbons (Fsp3) is 1.00. The van der Waals surface area contributed by atoms with Crippen LogP contribution in [0.25, 0.3) is 0 Å². The molecule has 106 valence electrons. The van der Waals surface area contributed by atoms with Crippen LogP contribution < -0.4 is 5.32 Å². The molecule has 18 heavy (non-hydrogen) atoms. The Bertz CT molecular complexity index is 284. The SMILES string of the molecule is CCC(C)(C)C1CCC2(CC1)NCC(F)(F)CO2. The van der Waals surface area contributed by atoms with E-state index in [9.17, 15) is 8.78 Å². The normalized spacial score (nSPS) is 36.8. The number of nitrogens with one attached hydrogen (secondary N) is 1. The summed E-state index contributed by atoms with van der Waals surface area (Å²) in [5.41, 5.74) is -0.123. The van der Waals surface area contributed by atoms with Gasteiger partial charge in [-0.15, -0.1) is 0 Å². The number of alkyl halides is 2. The van der Waals surface area contributed by atoms with E-state index in [2.05, 4.69) is 26.1 Å². The molecular formula is C14H25F2NO. The van der Waals surface area contributed by atoms with E-state index in [1.54, 1.807) is 0 Å². The lowest BCUT2D eigenvalue weighted by molar-refractivity contribution is -0.209. The van der Waals surface area contributed by atoms with Gasteiger partial charge in [0.2, 0.25) is 0 Å². The van der Waals surface area contributed by atoms with Gasteiger partial charge in [0.15, 0.2) is 0 Å². The highest BCUT2D eigenvalue weighted by Gasteiger charge is 2.47. The molecule has 2 rings (SSSR count). The predicted molar refractivity (Wildman–Crippen MR) is 67.7 cm³/mol. The fourth-order valence-corrected chi connectivity index (χ4v) is 3.11. The lowest BCUT2D eigenvalue weighted by Gasteiger charge is -2.48. The third-order valence-corrected chi connectivity index (χ3v) is 5.04. The van der Waals surface area contributed by atoms with Crippen LogP contribution in [0.3, 0.4) is 0 Å². The predicted octanol–water partition coefficient (Wildman–Crippen LogP) is 3.56. The third-order valence-electron chi connectivity index (χ3n) is 5.04. The molecule has 2 aliphatic rings. The van der Waals surface area contributed by atoms with E-state index in [0.29, 0.717) is 11.3 Å². The second-order valence-electron chi connectivity index (χ2n) is 6.61. The van der Waals surface area contributed by atoms with Gasteiger partial charge in [-0.1, -0.05) is 27.2 Å². The number of rotatable bonds is 2. The summed E-state index contributed by atoms with van der Waals surface area (Å²) >= 11 is 0. The minimum atomic E-state index is -2.70. The lowest BCUT2D eigenvalue weighted by Crippen LogP contribution is -2.60. The molecule has 2 fully saturated rings. The first-order valence-electron chi connectivity index (χ1n) is 7.05. The van der Waals surface area contributed by atoms with Crippen molar-refractivity contribution in [3.05, 3.63) is 0 Å².